The minimum Gasteiger partial charge on any atom is -0.314 e. The predicted molar refractivity (Wildman–Crippen MR) is 92.2 cm³/mol. The number of rotatable bonds is 6. The Kier molecular flexibility index (Phi) is 5.84. The van der Waals surface area contributed by atoms with Crippen LogP contribution in [0.1, 0.15) is 36.5 Å². The van der Waals surface area contributed by atoms with Gasteiger partial charge in [0.05, 0.1) is 0 Å². The van der Waals surface area contributed by atoms with Crippen molar-refractivity contribution >= 4 is 11.6 Å². The predicted octanol–water partition coefficient (Wildman–Crippen LogP) is 4.97. The van der Waals surface area contributed by atoms with Gasteiger partial charge in [-0.3, -0.25) is 0 Å². The molecule has 21 heavy (non-hydrogen) atoms. The van der Waals surface area contributed by atoms with Gasteiger partial charge in [0.25, 0.3) is 0 Å². The summed E-state index contributed by atoms with van der Waals surface area (Å²) in [6.45, 7) is 7.47. The van der Waals surface area contributed by atoms with Crippen LogP contribution < -0.4 is 5.32 Å². The molecular formula is C19H24ClN. The summed E-state index contributed by atoms with van der Waals surface area (Å²) in [6, 6.07) is 17.3. The van der Waals surface area contributed by atoms with Crippen LogP contribution in [0.3, 0.4) is 0 Å². The Morgan fingerprint density at radius 1 is 1.00 bits per heavy atom. The van der Waals surface area contributed by atoms with Gasteiger partial charge in [0.2, 0.25) is 0 Å². The van der Waals surface area contributed by atoms with E-state index in [4.69, 9.17) is 11.6 Å². The van der Waals surface area contributed by atoms with Crippen molar-refractivity contribution in [3.63, 3.8) is 0 Å². The molecule has 2 rings (SSSR count). The Morgan fingerprint density at radius 3 is 2.33 bits per heavy atom. The monoisotopic (exact) mass is 301 g/mol. The molecule has 0 radical (unpaired) electrons. The number of hydrogen-bond donors (Lipinski definition) is 1. The first-order chi connectivity index (χ1) is 10.1. The largest absolute Gasteiger partial charge is 0.314 e. The van der Waals surface area contributed by atoms with E-state index >= 15 is 0 Å². The second-order valence-electron chi connectivity index (χ2n) is 5.91. The van der Waals surface area contributed by atoms with Gasteiger partial charge in [-0.05, 0) is 36.1 Å². The highest BCUT2D eigenvalue weighted by atomic mass is 35.5. The fraction of sp³-hybridized carbons (Fsp3) is 0.368. The molecule has 1 unspecified atom stereocenters. The molecule has 0 aromatic heterocycles. The average Bonchev–Trinajstić information content (AvgIpc) is 2.46. The second kappa shape index (κ2) is 7.63. The maximum atomic E-state index is 6.41. The van der Waals surface area contributed by atoms with E-state index in [1.807, 2.05) is 12.1 Å². The molecule has 0 fully saturated rings. The van der Waals surface area contributed by atoms with Crippen molar-refractivity contribution in [1.29, 1.82) is 0 Å². The Bertz CT molecular complexity index is 577. The standard InChI is InChI=1S/C19H24ClN/c1-14(2)21-13-17(18-10-6-7-11-19(18)20)12-16-9-5-4-8-15(16)3/h4-11,14,17,21H,12-13H2,1-3H3. The molecule has 0 aliphatic carbocycles. The summed E-state index contributed by atoms with van der Waals surface area (Å²) in [5.74, 6) is 0.391. The fourth-order valence-corrected chi connectivity index (χ4v) is 2.87. The van der Waals surface area contributed by atoms with Crippen LogP contribution >= 0.6 is 11.6 Å². The molecule has 0 amide bonds. The third-order valence-corrected chi connectivity index (χ3v) is 4.19. The number of nitrogens with one attached hydrogen (secondary N) is 1. The number of halogens is 1. The zero-order valence-electron chi connectivity index (χ0n) is 13.1. The van der Waals surface area contributed by atoms with Crippen LogP contribution in [-0.2, 0) is 6.42 Å². The Balaban J connectivity index is 2.24. The van der Waals surface area contributed by atoms with E-state index in [0.717, 1.165) is 18.0 Å². The van der Waals surface area contributed by atoms with Gasteiger partial charge in [0.15, 0.2) is 0 Å². The molecule has 0 bridgehead atoms. The van der Waals surface area contributed by atoms with Gasteiger partial charge in [-0.1, -0.05) is 67.9 Å². The van der Waals surface area contributed by atoms with Crippen molar-refractivity contribution in [3.8, 4) is 0 Å². The summed E-state index contributed by atoms with van der Waals surface area (Å²) < 4.78 is 0. The van der Waals surface area contributed by atoms with E-state index in [0.29, 0.717) is 12.0 Å². The Labute approximate surface area is 133 Å². The molecule has 1 nitrogen and oxygen atoms in total. The van der Waals surface area contributed by atoms with Crippen molar-refractivity contribution in [2.45, 2.75) is 39.2 Å². The van der Waals surface area contributed by atoms with E-state index in [2.05, 4.69) is 62.5 Å². The van der Waals surface area contributed by atoms with Crippen LogP contribution in [0.4, 0.5) is 0 Å². The second-order valence-corrected chi connectivity index (χ2v) is 6.32. The minimum atomic E-state index is 0.391. The van der Waals surface area contributed by atoms with Crippen molar-refractivity contribution < 1.29 is 0 Å². The van der Waals surface area contributed by atoms with E-state index in [1.54, 1.807) is 0 Å². The quantitative estimate of drug-likeness (QED) is 0.794. The number of aryl methyl sites for hydroxylation is 1. The van der Waals surface area contributed by atoms with Crippen molar-refractivity contribution in [3.05, 3.63) is 70.2 Å². The summed E-state index contributed by atoms with van der Waals surface area (Å²) in [6.07, 6.45) is 1.01. The van der Waals surface area contributed by atoms with Crippen LogP contribution in [0.2, 0.25) is 5.02 Å². The van der Waals surface area contributed by atoms with Gasteiger partial charge >= 0.3 is 0 Å². The smallest absolute Gasteiger partial charge is 0.0441 e. The average molecular weight is 302 g/mol. The fourth-order valence-electron chi connectivity index (χ4n) is 2.58. The zero-order valence-corrected chi connectivity index (χ0v) is 13.8. The van der Waals surface area contributed by atoms with E-state index in [-0.39, 0.29) is 0 Å². The molecule has 1 atom stereocenters. The molecule has 2 heteroatoms. The van der Waals surface area contributed by atoms with Gasteiger partial charge in [-0.25, -0.2) is 0 Å². The Morgan fingerprint density at radius 2 is 1.67 bits per heavy atom. The van der Waals surface area contributed by atoms with Gasteiger partial charge in [0.1, 0.15) is 0 Å². The van der Waals surface area contributed by atoms with E-state index in [1.165, 1.54) is 16.7 Å². The van der Waals surface area contributed by atoms with Gasteiger partial charge in [0, 0.05) is 23.5 Å². The first-order valence-corrected chi connectivity index (χ1v) is 7.98. The molecule has 112 valence electrons. The van der Waals surface area contributed by atoms with Crippen LogP contribution in [0.25, 0.3) is 0 Å². The SMILES string of the molecule is Cc1ccccc1CC(CNC(C)C)c1ccccc1Cl. The lowest BCUT2D eigenvalue weighted by Gasteiger charge is -2.22. The van der Waals surface area contributed by atoms with Crippen molar-refractivity contribution in [2.24, 2.45) is 0 Å². The molecular weight excluding hydrogens is 278 g/mol. The molecule has 0 saturated heterocycles. The van der Waals surface area contributed by atoms with Crippen LogP contribution in [-0.4, -0.2) is 12.6 Å². The van der Waals surface area contributed by atoms with Crippen LogP contribution in [0.5, 0.6) is 0 Å². The molecule has 1 N–H and O–H groups in total. The third-order valence-electron chi connectivity index (χ3n) is 3.85. The lowest BCUT2D eigenvalue weighted by Crippen LogP contribution is -2.29. The highest BCUT2D eigenvalue weighted by molar-refractivity contribution is 6.31. The van der Waals surface area contributed by atoms with Gasteiger partial charge in [-0.2, -0.15) is 0 Å². The maximum absolute atomic E-state index is 6.41. The van der Waals surface area contributed by atoms with Crippen molar-refractivity contribution in [2.75, 3.05) is 6.54 Å². The van der Waals surface area contributed by atoms with E-state index < -0.39 is 0 Å². The van der Waals surface area contributed by atoms with Gasteiger partial charge in [-0.15, -0.1) is 0 Å². The first-order valence-electron chi connectivity index (χ1n) is 7.60. The lowest BCUT2D eigenvalue weighted by molar-refractivity contribution is 0.526. The third kappa shape index (κ3) is 4.59. The zero-order chi connectivity index (χ0) is 15.2. The molecule has 0 spiro atoms. The summed E-state index contributed by atoms with van der Waals surface area (Å²) in [4.78, 5) is 0. The topological polar surface area (TPSA) is 12.0 Å². The normalized spacial score (nSPS) is 12.6. The molecule has 2 aromatic carbocycles. The molecule has 0 heterocycles. The molecule has 0 saturated carbocycles. The summed E-state index contributed by atoms with van der Waals surface area (Å²) in [5.41, 5.74) is 3.97. The lowest BCUT2D eigenvalue weighted by atomic mass is 9.90. The number of benzene rings is 2. The summed E-state index contributed by atoms with van der Waals surface area (Å²) in [7, 11) is 0. The minimum absolute atomic E-state index is 0.391. The first kappa shape index (κ1) is 16.1. The summed E-state index contributed by atoms with van der Waals surface area (Å²) in [5, 5.41) is 4.41. The van der Waals surface area contributed by atoms with Crippen molar-refractivity contribution in [1.82, 2.24) is 5.32 Å². The van der Waals surface area contributed by atoms with Crippen LogP contribution in [0.15, 0.2) is 48.5 Å². The number of hydrogen-bond acceptors (Lipinski definition) is 1. The van der Waals surface area contributed by atoms with E-state index in [9.17, 15) is 0 Å². The van der Waals surface area contributed by atoms with Gasteiger partial charge < -0.3 is 5.32 Å². The van der Waals surface area contributed by atoms with Crippen LogP contribution in [0, 0.1) is 6.92 Å². The highest BCUT2D eigenvalue weighted by Crippen LogP contribution is 2.28. The summed E-state index contributed by atoms with van der Waals surface area (Å²) >= 11 is 6.41. The highest BCUT2D eigenvalue weighted by Gasteiger charge is 2.16. The Hall–Kier alpha value is -1.31. The maximum Gasteiger partial charge on any atom is 0.0441 e. The molecule has 0 aliphatic rings. The molecule has 0 aliphatic heterocycles. The molecule has 2 aromatic rings.